The molecule has 1 saturated carbocycles. The first-order valence-corrected chi connectivity index (χ1v) is 12.3. The van der Waals surface area contributed by atoms with Crippen LogP contribution in [0.25, 0.3) is 0 Å². The maximum absolute atomic E-state index is 13.0. The number of rotatable bonds is 8. The van der Waals surface area contributed by atoms with Gasteiger partial charge in [-0.05, 0) is 61.8 Å². The molecule has 3 rings (SSSR count). The monoisotopic (exact) mass is 444 g/mol. The first-order valence-electron chi connectivity index (χ1n) is 12.3. The van der Waals surface area contributed by atoms with E-state index >= 15 is 0 Å². The fraction of sp³-hybridized carbons (Fsp3) is 0.692. The average Bonchev–Trinajstić information content (AvgIpc) is 2.77. The molecule has 1 saturated heterocycles. The summed E-state index contributed by atoms with van der Waals surface area (Å²) < 4.78 is 5.02. The molecule has 6 nitrogen and oxygen atoms in total. The molecule has 2 unspecified atom stereocenters. The predicted octanol–water partition coefficient (Wildman–Crippen LogP) is 4.11. The number of aromatic hydroxyl groups is 1. The normalized spacial score (nSPS) is 24.8. The Kier molecular flexibility index (Phi) is 8.57. The van der Waals surface area contributed by atoms with Crippen LogP contribution in [0.1, 0.15) is 71.3 Å². The standard InChI is InChI=1S/C26H40N2O4/c1-4-32-25(31)18-24(30)28(22-10-6-5-7-11-22)16-15-27-14-13-26(3,20(2)19-27)21-9-8-12-23(29)17-21/h8-9,12,17,20,22,29H,4-7,10-11,13-16,18-19H2,1-3H3. The third kappa shape index (κ3) is 6.03. The molecule has 6 heteroatoms. The molecule has 1 amide bonds. The van der Waals surface area contributed by atoms with E-state index in [1.165, 1.54) is 12.0 Å². The van der Waals surface area contributed by atoms with Gasteiger partial charge in [-0.3, -0.25) is 9.59 Å². The quantitative estimate of drug-likeness (QED) is 0.483. The highest BCUT2D eigenvalue weighted by Crippen LogP contribution is 2.40. The minimum absolute atomic E-state index is 0.0258. The van der Waals surface area contributed by atoms with Crippen LogP contribution in [0.15, 0.2) is 24.3 Å². The van der Waals surface area contributed by atoms with Gasteiger partial charge in [-0.15, -0.1) is 0 Å². The number of piperidine rings is 1. The molecule has 2 atom stereocenters. The third-order valence-corrected chi connectivity index (χ3v) is 7.67. The Balaban J connectivity index is 1.61. The minimum Gasteiger partial charge on any atom is -0.508 e. The molecule has 1 aromatic rings. The number of nitrogens with zero attached hydrogens (tertiary/aromatic N) is 2. The van der Waals surface area contributed by atoms with Crippen LogP contribution in [-0.4, -0.2) is 65.6 Å². The second-order valence-corrected chi connectivity index (χ2v) is 9.78. The first kappa shape index (κ1) is 24.6. The lowest BCUT2D eigenvalue weighted by Crippen LogP contribution is -2.51. The zero-order chi connectivity index (χ0) is 23.1. The highest BCUT2D eigenvalue weighted by atomic mass is 16.5. The molecule has 0 radical (unpaired) electrons. The lowest BCUT2D eigenvalue weighted by molar-refractivity contribution is -0.149. The van der Waals surface area contributed by atoms with Crippen molar-refractivity contribution < 1.29 is 19.4 Å². The summed E-state index contributed by atoms with van der Waals surface area (Å²) in [6.45, 7) is 10.0. The van der Waals surface area contributed by atoms with E-state index in [-0.39, 0.29) is 23.8 Å². The zero-order valence-electron chi connectivity index (χ0n) is 20.0. The fourth-order valence-corrected chi connectivity index (χ4v) is 5.40. The summed E-state index contributed by atoms with van der Waals surface area (Å²) in [5.74, 6) is 0.231. The first-order chi connectivity index (χ1) is 15.3. The molecule has 1 aromatic carbocycles. The van der Waals surface area contributed by atoms with E-state index in [9.17, 15) is 14.7 Å². The van der Waals surface area contributed by atoms with Crippen LogP contribution in [0.5, 0.6) is 5.75 Å². The van der Waals surface area contributed by atoms with Gasteiger partial charge in [0.05, 0.1) is 6.61 Å². The number of likely N-dealkylation sites (tertiary alicyclic amines) is 1. The molecule has 1 aliphatic heterocycles. The summed E-state index contributed by atoms with van der Waals surface area (Å²) in [5.41, 5.74) is 1.22. The van der Waals surface area contributed by atoms with Crippen molar-refractivity contribution >= 4 is 11.9 Å². The number of amides is 1. The van der Waals surface area contributed by atoms with Gasteiger partial charge in [-0.25, -0.2) is 0 Å². The van der Waals surface area contributed by atoms with Gasteiger partial charge in [0, 0.05) is 25.7 Å². The Morgan fingerprint density at radius 2 is 2.00 bits per heavy atom. The van der Waals surface area contributed by atoms with Crippen molar-refractivity contribution in [3.63, 3.8) is 0 Å². The van der Waals surface area contributed by atoms with Crippen LogP contribution in [0.4, 0.5) is 0 Å². The third-order valence-electron chi connectivity index (χ3n) is 7.67. The van der Waals surface area contributed by atoms with Gasteiger partial charge >= 0.3 is 5.97 Å². The van der Waals surface area contributed by atoms with E-state index in [1.807, 2.05) is 17.0 Å². The van der Waals surface area contributed by atoms with Gasteiger partial charge in [0.25, 0.3) is 0 Å². The smallest absolute Gasteiger partial charge is 0.315 e. The topological polar surface area (TPSA) is 70.1 Å². The Bertz CT molecular complexity index is 777. The molecular formula is C26H40N2O4. The van der Waals surface area contributed by atoms with Crippen molar-refractivity contribution in [2.24, 2.45) is 5.92 Å². The molecule has 2 fully saturated rings. The number of carbonyl (C=O) groups excluding carboxylic acids is 2. The molecule has 0 aromatic heterocycles. The van der Waals surface area contributed by atoms with Crippen LogP contribution in [-0.2, 0) is 19.7 Å². The molecule has 1 heterocycles. The van der Waals surface area contributed by atoms with Crippen LogP contribution >= 0.6 is 0 Å². The van der Waals surface area contributed by atoms with Crippen molar-refractivity contribution in [1.29, 1.82) is 0 Å². The van der Waals surface area contributed by atoms with E-state index < -0.39 is 5.97 Å². The summed E-state index contributed by atoms with van der Waals surface area (Å²) in [6.07, 6.45) is 6.44. The van der Waals surface area contributed by atoms with Gasteiger partial charge in [0.15, 0.2) is 0 Å². The van der Waals surface area contributed by atoms with Crippen molar-refractivity contribution in [2.75, 3.05) is 32.8 Å². The van der Waals surface area contributed by atoms with Crippen LogP contribution < -0.4 is 0 Å². The fourth-order valence-electron chi connectivity index (χ4n) is 5.40. The largest absolute Gasteiger partial charge is 0.508 e. The van der Waals surface area contributed by atoms with Crippen LogP contribution in [0.2, 0.25) is 0 Å². The second-order valence-electron chi connectivity index (χ2n) is 9.78. The van der Waals surface area contributed by atoms with Gasteiger partial charge in [0.1, 0.15) is 12.2 Å². The van der Waals surface area contributed by atoms with Crippen LogP contribution in [0.3, 0.4) is 0 Å². The highest BCUT2D eigenvalue weighted by molar-refractivity contribution is 5.94. The van der Waals surface area contributed by atoms with E-state index in [0.29, 0.717) is 24.8 Å². The van der Waals surface area contributed by atoms with Gasteiger partial charge in [-0.1, -0.05) is 45.2 Å². The molecule has 1 N–H and O–H groups in total. The Morgan fingerprint density at radius 1 is 1.25 bits per heavy atom. The summed E-state index contributed by atoms with van der Waals surface area (Å²) in [6, 6.07) is 7.90. The van der Waals surface area contributed by atoms with Crippen LogP contribution in [0, 0.1) is 5.92 Å². The Hall–Kier alpha value is -2.08. The molecule has 0 spiro atoms. The van der Waals surface area contributed by atoms with Crippen molar-refractivity contribution in [2.45, 2.75) is 77.2 Å². The average molecular weight is 445 g/mol. The van der Waals surface area contributed by atoms with Gasteiger partial charge in [-0.2, -0.15) is 0 Å². The van der Waals surface area contributed by atoms with E-state index in [0.717, 1.165) is 51.7 Å². The number of hydrogen-bond acceptors (Lipinski definition) is 5. The molecule has 2 aliphatic rings. The number of phenols is 1. The number of esters is 1. The Morgan fingerprint density at radius 3 is 2.66 bits per heavy atom. The SMILES string of the molecule is CCOC(=O)CC(=O)N(CCN1CCC(C)(c2cccc(O)c2)C(C)C1)C1CCCCC1. The van der Waals surface area contributed by atoms with E-state index in [2.05, 4.69) is 24.8 Å². The zero-order valence-corrected chi connectivity index (χ0v) is 20.0. The summed E-state index contributed by atoms with van der Waals surface area (Å²) in [7, 11) is 0. The highest BCUT2D eigenvalue weighted by Gasteiger charge is 2.38. The Labute approximate surface area is 192 Å². The number of benzene rings is 1. The summed E-state index contributed by atoms with van der Waals surface area (Å²) in [5, 5.41) is 9.93. The van der Waals surface area contributed by atoms with Crippen molar-refractivity contribution in [1.82, 2.24) is 9.80 Å². The lowest BCUT2D eigenvalue weighted by atomic mass is 9.68. The molecular weight excluding hydrogens is 404 g/mol. The van der Waals surface area contributed by atoms with Crippen molar-refractivity contribution in [3.8, 4) is 5.75 Å². The van der Waals surface area contributed by atoms with E-state index in [1.54, 1.807) is 13.0 Å². The van der Waals surface area contributed by atoms with Gasteiger partial charge < -0.3 is 19.6 Å². The van der Waals surface area contributed by atoms with Gasteiger partial charge in [0.2, 0.25) is 5.91 Å². The minimum atomic E-state index is -0.424. The second kappa shape index (κ2) is 11.2. The number of ether oxygens (including phenoxy) is 1. The maximum atomic E-state index is 13.0. The number of carbonyl (C=O) groups is 2. The molecule has 1 aliphatic carbocycles. The predicted molar refractivity (Wildman–Crippen MR) is 126 cm³/mol. The van der Waals surface area contributed by atoms with E-state index in [4.69, 9.17) is 4.74 Å². The summed E-state index contributed by atoms with van der Waals surface area (Å²) >= 11 is 0. The molecule has 32 heavy (non-hydrogen) atoms. The number of phenolic OH excluding ortho intramolecular Hbond substituents is 1. The van der Waals surface area contributed by atoms with Crippen molar-refractivity contribution in [3.05, 3.63) is 29.8 Å². The summed E-state index contributed by atoms with van der Waals surface area (Å²) in [4.78, 5) is 29.3. The maximum Gasteiger partial charge on any atom is 0.315 e. The lowest BCUT2D eigenvalue weighted by Gasteiger charge is -2.46. The number of hydrogen-bond donors (Lipinski definition) is 1. The molecule has 0 bridgehead atoms. The molecule has 178 valence electrons.